The molecule has 0 saturated carbocycles. The fraction of sp³-hybridized carbons (Fsp3) is 0.294. The highest BCUT2D eigenvalue weighted by molar-refractivity contribution is 7.87. The molecule has 0 aliphatic carbocycles. The van der Waals surface area contributed by atoms with Crippen LogP contribution in [-0.2, 0) is 10.1 Å². The molecule has 0 aliphatic heterocycles. The lowest BCUT2D eigenvalue weighted by atomic mass is 9.98. The van der Waals surface area contributed by atoms with Gasteiger partial charge in [0.25, 0.3) is 5.69 Å². The summed E-state index contributed by atoms with van der Waals surface area (Å²) in [7, 11) is -4.33. The van der Waals surface area contributed by atoms with Crippen LogP contribution in [0.1, 0.15) is 37.3 Å². The molecule has 0 amide bonds. The number of nitro groups is 1. The number of hydrogen-bond acceptors (Lipinski definition) is 5. The molecule has 24 heavy (non-hydrogen) atoms. The monoisotopic (exact) mass is 349 g/mol. The molecule has 2 aromatic carbocycles. The maximum absolute atomic E-state index is 12.7. The maximum atomic E-state index is 12.7. The van der Waals surface area contributed by atoms with Crippen LogP contribution in [0.4, 0.5) is 5.69 Å². The number of nitro benzene ring substituents is 1. The summed E-state index contributed by atoms with van der Waals surface area (Å²) in [6, 6.07) is 10.9. The lowest BCUT2D eigenvalue weighted by Crippen LogP contribution is -2.15. The number of rotatable bonds is 6. The highest BCUT2D eigenvalue weighted by atomic mass is 32.2. The highest BCUT2D eigenvalue weighted by Crippen LogP contribution is 2.33. The third-order valence-corrected chi connectivity index (χ3v) is 5.33. The maximum Gasteiger partial charge on any atom is 0.346 e. The van der Waals surface area contributed by atoms with E-state index in [9.17, 15) is 18.5 Å². The molecule has 0 aromatic heterocycles. The molecule has 0 heterocycles. The van der Waals surface area contributed by atoms with Crippen molar-refractivity contribution < 1.29 is 17.5 Å². The van der Waals surface area contributed by atoms with Gasteiger partial charge in [-0.15, -0.1) is 0 Å². The highest BCUT2D eigenvalue weighted by Gasteiger charge is 2.30. The summed E-state index contributed by atoms with van der Waals surface area (Å²) in [5, 5.41) is 11.2. The van der Waals surface area contributed by atoms with E-state index >= 15 is 0 Å². The van der Waals surface area contributed by atoms with Crippen molar-refractivity contribution in [3.63, 3.8) is 0 Å². The Kier molecular flexibility index (Phi) is 5.23. The standard InChI is InChI=1S/C17H19NO5S/c1-4-12(2)14-9-5-6-11-16(14)23-24(21,22)17-13(3)8-7-10-15(17)18(19)20/h5-12H,4H2,1-3H3. The molecule has 128 valence electrons. The topological polar surface area (TPSA) is 86.5 Å². The smallest absolute Gasteiger partial charge is 0.346 e. The second kappa shape index (κ2) is 7.00. The first-order chi connectivity index (χ1) is 11.3. The molecule has 1 unspecified atom stereocenters. The third kappa shape index (κ3) is 3.56. The minimum absolute atomic E-state index is 0.100. The SMILES string of the molecule is CCC(C)c1ccccc1OS(=O)(=O)c1c(C)cccc1[N+](=O)[O-]. The first-order valence-corrected chi connectivity index (χ1v) is 8.96. The van der Waals surface area contributed by atoms with Crippen molar-refractivity contribution in [3.05, 3.63) is 63.7 Å². The Bertz CT molecular complexity index is 861. The van der Waals surface area contributed by atoms with E-state index in [1.54, 1.807) is 24.3 Å². The predicted octanol–water partition coefficient (Wildman–Crippen LogP) is 4.18. The molecular formula is C17H19NO5S. The van der Waals surface area contributed by atoms with Crippen molar-refractivity contribution in [2.75, 3.05) is 0 Å². The van der Waals surface area contributed by atoms with E-state index in [1.165, 1.54) is 19.1 Å². The summed E-state index contributed by atoms with van der Waals surface area (Å²) in [6.07, 6.45) is 0.810. The van der Waals surface area contributed by atoms with Gasteiger partial charge < -0.3 is 4.18 Å². The lowest BCUT2D eigenvalue weighted by molar-refractivity contribution is -0.388. The van der Waals surface area contributed by atoms with Gasteiger partial charge in [-0.05, 0) is 36.5 Å². The van der Waals surface area contributed by atoms with E-state index < -0.39 is 25.6 Å². The van der Waals surface area contributed by atoms with E-state index in [1.807, 2.05) is 13.8 Å². The van der Waals surface area contributed by atoms with Crippen LogP contribution in [0.25, 0.3) is 0 Å². The zero-order chi connectivity index (χ0) is 17.9. The van der Waals surface area contributed by atoms with Crippen LogP contribution in [0.2, 0.25) is 0 Å². The molecule has 0 spiro atoms. The minimum Gasteiger partial charge on any atom is -0.378 e. The number of para-hydroxylation sites is 1. The van der Waals surface area contributed by atoms with Crippen LogP contribution in [-0.4, -0.2) is 13.3 Å². The predicted molar refractivity (Wildman–Crippen MR) is 90.8 cm³/mol. The van der Waals surface area contributed by atoms with Gasteiger partial charge in [0.15, 0.2) is 4.90 Å². The van der Waals surface area contributed by atoms with Gasteiger partial charge in [0.05, 0.1) is 4.92 Å². The fourth-order valence-electron chi connectivity index (χ4n) is 2.45. The quantitative estimate of drug-likeness (QED) is 0.443. The molecular weight excluding hydrogens is 330 g/mol. The van der Waals surface area contributed by atoms with Gasteiger partial charge in [-0.3, -0.25) is 10.1 Å². The summed E-state index contributed by atoms with van der Waals surface area (Å²) in [5.74, 6) is 0.299. The second-order valence-corrected chi connectivity index (χ2v) is 7.05. The van der Waals surface area contributed by atoms with Crippen molar-refractivity contribution >= 4 is 15.8 Å². The number of hydrogen-bond donors (Lipinski definition) is 0. The normalized spacial score (nSPS) is 12.6. The van der Waals surface area contributed by atoms with Crippen LogP contribution in [0, 0.1) is 17.0 Å². The van der Waals surface area contributed by atoms with E-state index in [4.69, 9.17) is 4.18 Å². The average Bonchev–Trinajstić information content (AvgIpc) is 2.53. The van der Waals surface area contributed by atoms with Crippen LogP contribution in [0.5, 0.6) is 5.75 Å². The van der Waals surface area contributed by atoms with E-state index in [-0.39, 0.29) is 17.2 Å². The minimum atomic E-state index is -4.33. The summed E-state index contributed by atoms with van der Waals surface area (Å²) in [6.45, 7) is 5.46. The Morgan fingerprint density at radius 3 is 2.46 bits per heavy atom. The Morgan fingerprint density at radius 2 is 1.83 bits per heavy atom. The van der Waals surface area contributed by atoms with E-state index in [2.05, 4.69) is 0 Å². The van der Waals surface area contributed by atoms with Gasteiger partial charge in [-0.1, -0.05) is 44.2 Å². The molecule has 0 N–H and O–H groups in total. The van der Waals surface area contributed by atoms with Crippen molar-refractivity contribution in [2.45, 2.75) is 38.0 Å². The van der Waals surface area contributed by atoms with Crippen molar-refractivity contribution in [3.8, 4) is 5.75 Å². The number of benzene rings is 2. The molecule has 7 heteroatoms. The van der Waals surface area contributed by atoms with Gasteiger partial charge in [0.2, 0.25) is 0 Å². The molecule has 6 nitrogen and oxygen atoms in total. The van der Waals surface area contributed by atoms with E-state index in [0.29, 0.717) is 0 Å². The van der Waals surface area contributed by atoms with Crippen molar-refractivity contribution in [2.24, 2.45) is 0 Å². The van der Waals surface area contributed by atoms with Gasteiger partial charge in [-0.25, -0.2) is 0 Å². The molecule has 2 rings (SSSR count). The molecule has 0 aliphatic rings. The fourth-order valence-corrected chi connectivity index (χ4v) is 3.78. The molecule has 0 radical (unpaired) electrons. The Morgan fingerprint density at radius 1 is 1.17 bits per heavy atom. The first kappa shape index (κ1) is 17.9. The van der Waals surface area contributed by atoms with Gasteiger partial charge in [0, 0.05) is 6.07 Å². The van der Waals surface area contributed by atoms with E-state index in [0.717, 1.165) is 18.1 Å². The van der Waals surface area contributed by atoms with Gasteiger partial charge >= 0.3 is 10.1 Å². The third-order valence-electron chi connectivity index (χ3n) is 3.90. The zero-order valence-corrected chi connectivity index (χ0v) is 14.5. The van der Waals surface area contributed by atoms with Crippen LogP contribution in [0.3, 0.4) is 0 Å². The van der Waals surface area contributed by atoms with Gasteiger partial charge in [0.1, 0.15) is 5.75 Å². The summed E-state index contributed by atoms with van der Waals surface area (Å²) >= 11 is 0. The number of aryl methyl sites for hydroxylation is 1. The Balaban J connectivity index is 2.54. The first-order valence-electron chi connectivity index (χ1n) is 7.55. The molecule has 1 atom stereocenters. The molecule has 2 aromatic rings. The van der Waals surface area contributed by atoms with Gasteiger partial charge in [-0.2, -0.15) is 8.42 Å². The average molecular weight is 349 g/mol. The summed E-state index contributed by atoms with van der Waals surface area (Å²) < 4.78 is 30.6. The summed E-state index contributed by atoms with van der Waals surface area (Å²) in [5.41, 5.74) is 0.529. The van der Waals surface area contributed by atoms with Crippen LogP contribution >= 0.6 is 0 Å². The Hall–Kier alpha value is -2.41. The van der Waals surface area contributed by atoms with Crippen molar-refractivity contribution in [1.82, 2.24) is 0 Å². The van der Waals surface area contributed by atoms with Crippen molar-refractivity contribution in [1.29, 1.82) is 0 Å². The van der Waals surface area contributed by atoms with Crippen LogP contribution in [0.15, 0.2) is 47.4 Å². The second-order valence-electron chi connectivity index (χ2n) is 5.56. The summed E-state index contributed by atoms with van der Waals surface area (Å²) in [4.78, 5) is 10.1. The largest absolute Gasteiger partial charge is 0.378 e. The number of nitrogens with zero attached hydrogens (tertiary/aromatic N) is 1. The zero-order valence-electron chi connectivity index (χ0n) is 13.7. The van der Waals surface area contributed by atoms with Crippen LogP contribution < -0.4 is 4.18 Å². The molecule has 0 fully saturated rings. The lowest BCUT2D eigenvalue weighted by Gasteiger charge is -2.16. The molecule has 0 bridgehead atoms. The molecule has 0 saturated heterocycles. The Labute approximate surface area is 141 Å².